The van der Waals surface area contributed by atoms with E-state index in [9.17, 15) is 14.4 Å². The smallest absolute Gasteiger partial charge is 0.337 e. The molecule has 6 nitrogen and oxygen atoms in total. The van der Waals surface area contributed by atoms with Crippen LogP contribution in [0.2, 0.25) is 5.02 Å². The predicted octanol–water partition coefficient (Wildman–Crippen LogP) is 4.03. The van der Waals surface area contributed by atoms with Crippen LogP contribution in [0.5, 0.6) is 0 Å². The Balaban J connectivity index is 2.18. The number of amides is 1. The van der Waals surface area contributed by atoms with Gasteiger partial charge in [-0.3, -0.25) is 4.79 Å². The molecule has 2 aromatic carbocycles. The minimum atomic E-state index is -0.625. The van der Waals surface area contributed by atoms with Crippen molar-refractivity contribution < 1.29 is 23.9 Å². The summed E-state index contributed by atoms with van der Waals surface area (Å²) in [5.74, 6) is -1.53. The van der Waals surface area contributed by atoms with Gasteiger partial charge in [0.2, 0.25) is 5.91 Å². The van der Waals surface area contributed by atoms with Gasteiger partial charge in [-0.15, -0.1) is 11.8 Å². The number of benzene rings is 2. The third-order valence-corrected chi connectivity index (χ3v) is 4.90. The van der Waals surface area contributed by atoms with E-state index < -0.39 is 17.2 Å². The van der Waals surface area contributed by atoms with E-state index in [0.29, 0.717) is 10.7 Å². The average Bonchev–Trinajstić information content (AvgIpc) is 2.67. The molecule has 142 valence electrons. The van der Waals surface area contributed by atoms with Crippen LogP contribution in [-0.2, 0) is 14.3 Å². The van der Waals surface area contributed by atoms with Crippen molar-refractivity contribution in [2.45, 2.75) is 17.1 Å². The van der Waals surface area contributed by atoms with Gasteiger partial charge in [0, 0.05) is 15.6 Å². The number of anilines is 1. The van der Waals surface area contributed by atoms with Crippen molar-refractivity contribution in [3.63, 3.8) is 0 Å². The van der Waals surface area contributed by atoms with E-state index in [0.717, 1.165) is 4.90 Å². The van der Waals surface area contributed by atoms with Crippen LogP contribution in [0.1, 0.15) is 27.6 Å². The number of ether oxygens (including phenoxy) is 2. The van der Waals surface area contributed by atoms with Crippen LogP contribution < -0.4 is 5.32 Å². The van der Waals surface area contributed by atoms with E-state index in [4.69, 9.17) is 11.6 Å². The molecule has 1 N–H and O–H groups in total. The fourth-order valence-electron chi connectivity index (χ4n) is 2.19. The maximum atomic E-state index is 12.5. The molecule has 0 heterocycles. The number of methoxy groups -OCH3 is 2. The van der Waals surface area contributed by atoms with Crippen LogP contribution in [0.15, 0.2) is 47.4 Å². The van der Waals surface area contributed by atoms with Gasteiger partial charge in [0.25, 0.3) is 0 Å². The second-order valence-electron chi connectivity index (χ2n) is 5.49. The quantitative estimate of drug-likeness (QED) is 0.575. The summed E-state index contributed by atoms with van der Waals surface area (Å²) >= 11 is 7.21. The maximum Gasteiger partial charge on any atom is 0.337 e. The summed E-state index contributed by atoms with van der Waals surface area (Å²) < 4.78 is 9.36. The highest BCUT2D eigenvalue weighted by Gasteiger charge is 2.18. The molecule has 0 unspecified atom stereocenters. The van der Waals surface area contributed by atoms with E-state index in [1.54, 1.807) is 19.1 Å². The normalized spacial score (nSPS) is 11.4. The Morgan fingerprint density at radius 2 is 1.48 bits per heavy atom. The Kier molecular flexibility index (Phi) is 7.27. The first-order chi connectivity index (χ1) is 12.8. The van der Waals surface area contributed by atoms with Gasteiger partial charge in [-0.05, 0) is 49.4 Å². The Morgan fingerprint density at radius 3 is 1.96 bits per heavy atom. The van der Waals surface area contributed by atoms with Crippen molar-refractivity contribution in [2.75, 3.05) is 19.5 Å². The standard InChI is InChI=1S/C19H18ClNO5S/c1-11(27-16-6-4-14(20)5-7-16)17(22)21-15-9-12(18(23)25-2)8-13(10-15)19(24)26-3/h4-11H,1-3H3,(H,21,22)/t11-/m0/s1. The van der Waals surface area contributed by atoms with Crippen LogP contribution in [0.4, 0.5) is 5.69 Å². The molecule has 1 atom stereocenters. The van der Waals surface area contributed by atoms with Crippen molar-refractivity contribution in [1.82, 2.24) is 0 Å². The zero-order chi connectivity index (χ0) is 20.0. The lowest BCUT2D eigenvalue weighted by molar-refractivity contribution is -0.115. The fourth-order valence-corrected chi connectivity index (χ4v) is 3.18. The zero-order valence-electron chi connectivity index (χ0n) is 14.9. The van der Waals surface area contributed by atoms with Gasteiger partial charge in [0.1, 0.15) is 0 Å². The molecular formula is C19H18ClNO5S. The molecule has 2 rings (SSSR count). The van der Waals surface area contributed by atoms with Crippen molar-refractivity contribution in [3.05, 3.63) is 58.6 Å². The molecule has 0 fully saturated rings. The molecule has 0 radical (unpaired) electrons. The van der Waals surface area contributed by atoms with Gasteiger partial charge in [0.05, 0.1) is 30.6 Å². The summed E-state index contributed by atoms with van der Waals surface area (Å²) in [6, 6.07) is 11.4. The minimum Gasteiger partial charge on any atom is -0.465 e. The SMILES string of the molecule is COC(=O)c1cc(NC(=O)[C@H](C)Sc2ccc(Cl)cc2)cc(C(=O)OC)c1. The summed E-state index contributed by atoms with van der Waals surface area (Å²) in [6.07, 6.45) is 0. The second-order valence-corrected chi connectivity index (χ2v) is 7.34. The van der Waals surface area contributed by atoms with E-state index in [1.165, 1.54) is 44.2 Å². The van der Waals surface area contributed by atoms with Gasteiger partial charge >= 0.3 is 11.9 Å². The molecule has 2 aromatic rings. The number of halogens is 1. The van der Waals surface area contributed by atoms with Gasteiger partial charge in [-0.1, -0.05) is 11.6 Å². The number of thioether (sulfide) groups is 1. The average molecular weight is 408 g/mol. The fraction of sp³-hybridized carbons (Fsp3) is 0.211. The number of nitrogens with one attached hydrogen (secondary N) is 1. The highest BCUT2D eigenvalue weighted by atomic mass is 35.5. The van der Waals surface area contributed by atoms with E-state index in [1.807, 2.05) is 12.1 Å². The molecule has 1 amide bonds. The van der Waals surface area contributed by atoms with Gasteiger partial charge < -0.3 is 14.8 Å². The minimum absolute atomic E-state index is 0.133. The lowest BCUT2D eigenvalue weighted by atomic mass is 10.1. The molecule has 0 spiro atoms. The first-order valence-electron chi connectivity index (χ1n) is 7.89. The molecular weight excluding hydrogens is 390 g/mol. The number of carbonyl (C=O) groups is 3. The lowest BCUT2D eigenvalue weighted by Crippen LogP contribution is -2.23. The molecule has 0 aliphatic heterocycles. The summed E-state index contributed by atoms with van der Waals surface area (Å²) in [5, 5.41) is 2.91. The number of rotatable bonds is 6. The molecule has 0 aliphatic carbocycles. The summed E-state index contributed by atoms with van der Waals surface area (Å²) in [4.78, 5) is 37.0. The van der Waals surface area contributed by atoms with Crippen molar-refractivity contribution in [3.8, 4) is 0 Å². The Morgan fingerprint density at radius 1 is 0.963 bits per heavy atom. The van der Waals surface area contributed by atoms with Crippen LogP contribution in [0.25, 0.3) is 0 Å². The molecule has 8 heteroatoms. The number of carbonyl (C=O) groups excluding carboxylic acids is 3. The van der Waals surface area contributed by atoms with E-state index in [-0.39, 0.29) is 17.0 Å². The maximum absolute atomic E-state index is 12.5. The van der Waals surface area contributed by atoms with Crippen molar-refractivity contribution in [1.29, 1.82) is 0 Å². The predicted molar refractivity (Wildman–Crippen MR) is 105 cm³/mol. The third kappa shape index (κ3) is 5.74. The molecule has 0 saturated carbocycles. The first-order valence-corrected chi connectivity index (χ1v) is 9.14. The number of esters is 2. The largest absolute Gasteiger partial charge is 0.465 e. The Bertz CT molecular complexity index is 819. The van der Waals surface area contributed by atoms with Crippen molar-refractivity contribution >= 4 is 46.9 Å². The van der Waals surface area contributed by atoms with Crippen LogP contribution >= 0.6 is 23.4 Å². The van der Waals surface area contributed by atoms with Gasteiger partial charge in [-0.2, -0.15) is 0 Å². The summed E-state index contributed by atoms with van der Waals surface area (Å²) in [6.45, 7) is 1.75. The van der Waals surface area contributed by atoms with Crippen molar-refractivity contribution in [2.24, 2.45) is 0 Å². The topological polar surface area (TPSA) is 81.7 Å². The molecule has 0 aromatic heterocycles. The Labute approximate surface area is 166 Å². The van der Waals surface area contributed by atoms with Crippen LogP contribution in [0.3, 0.4) is 0 Å². The molecule has 0 bridgehead atoms. The van der Waals surface area contributed by atoms with Crippen LogP contribution in [0, 0.1) is 0 Å². The molecule has 27 heavy (non-hydrogen) atoms. The third-order valence-electron chi connectivity index (χ3n) is 3.54. The zero-order valence-corrected chi connectivity index (χ0v) is 16.5. The highest BCUT2D eigenvalue weighted by Crippen LogP contribution is 2.26. The highest BCUT2D eigenvalue weighted by molar-refractivity contribution is 8.00. The first kappa shape index (κ1) is 20.8. The van der Waals surface area contributed by atoms with Gasteiger partial charge in [0.15, 0.2) is 0 Å². The lowest BCUT2D eigenvalue weighted by Gasteiger charge is -2.13. The van der Waals surface area contributed by atoms with Gasteiger partial charge in [-0.25, -0.2) is 9.59 Å². The monoisotopic (exact) mass is 407 g/mol. The van der Waals surface area contributed by atoms with E-state index in [2.05, 4.69) is 14.8 Å². The Hall–Kier alpha value is -2.51. The second kappa shape index (κ2) is 9.43. The van der Waals surface area contributed by atoms with E-state index >= 15 is 0 Å². The molecule has 0 aliphatic rings. The molecule has 0 saturated heterocycles. The number of hydrogen-bond donors (Lipinski definition) is 1. The van der Waals surface area contributed by atoms with Crippen LogP contribution in [-0.4, -0.2) is 37.3 Å². The summed E-state index contributed by atoms with van der Waals surface area (Å²) in [5.41, 5.74) is 0.564. The number of hydrogen-bond acceptors (Lipinski definition) is 6. The summed E-state index contributed by atoms with van der Waals surface area (Å²) in [7, 11) is 2.46.